The molecule has 0 atom stereocenters. The van der Waals surface area contributed by atoms with E-state index in [-0.39, 0.29) is 5.41 Å². The molecule has 2 aromatic heterocycles. The smallest absolute Gasteiger partial charge is 0.217 e. The molecule has 4 rings (SSSR count). The van der Waals surface area contributed by atoms with E-state index in [2.05, 4.69) is 57.2 Å². The van der Waals surface area contributed by atoms with Crippen LogP contribution >= 0.6 is 15.9 Å². The van der Waals surface area contributed by atoms with Gasteiger partial charge in [-0.25, -0.2) is 9.97 Å². The monoisotopic (exact) mass is 432 g/mol. The molecule has 1 aliphatic carbocycles. The molecule has 27 heavy (non-hydrogen) atoms. The molecule has 1 aliphatic heterocycles. The molecule has 3 heterocycles. The fraction of sp³-hybridized carbons (Fsp3) is 0.619. The maximum Gasteiger partial charge on any atom is 0.217 e. The van der Waals surface area contributed by atoms with Gasteiger partial charge in [0, 0.05) is 59.9 Å². The lowest BCUT2D eigenvalue weighted by Gasteiger charge is -2.27. The standard InChI is InChI=1S/C21H29BrN4O/c1-21(2,3)20-24-17-13-25(8-7-18(17)26(20)11-14-5-6-14)12-15-9-16(22)10-23-19(15)27-4/h9-10,14H,5-8,11-13H2,1-4H3. The molecule has 0 bridgehead atoms. The highest BCUT2D eigenvalue weighted by Crippen LogP contribution is 2.35. The van der Waals surface area contributed by atoms with Gasteiger partial charge in [0.1, 0.15) is 5.82 Å². The molecule has 6 heteroatoms. The Morgan fingerprint density at radius 3 is 2.74 bits per heavy atom. The average Bonchev–Trinajstić information content (AvgIpc) is 3.34. The summed E-state index contributed by atoms with van der Waals surface area (Å²) in [5, 5.41) is 0. The van der Waals surface area contributed by atoms with Crippen molar-refractivity contribution in [3.8, 4) is 5.88 Å². The molecule has 0 unspecified atom stereocenters. The van der Waals surface area contributed by atoms with Crippen molar-refractivity contribution >= 4 is 15.9 Å². The number of hydrogen-bond acceptors (Lipinski definition) is 4. The lowest BCUT2D eigenvalue weighted by Crippen LogP contribution is -2.31. The van der Waals surface area contributed by atoms with Crippen LogP contribution in [0.15, 0.2) is 16.7 Å². The minimum atomic E-state index is 0.0779. The number of hydrogen-bond donors (Lipinski definition) is 0. The molecule has 146 valence electrons. The Morgan fingerprint density at radius 1 is 1.30 bits per heavy atom. The first-order valence-corrected chi connectivity index (χ1v) is 10.6. The maximum atomic E-state index is 5.45. The van der Waals surface area contributed by atoms with Gasteiger partial charge in [-0.05, 0) is 40.8 Å². The Balaban J connectivity index is 1.58. The Kier molecular flexibility index (Phi) is 5.06. The summed E-state index contributed by atoms with van der Waals surface area (Å²) in [5.41, 5.74) is 3.91. The van der Waals surface area contributed by atoms with Crippen LogP contribution in [0.3, 0.4) is 0 Å². The number of halogens is 1. The van der Waals surface area contributed by atoms with E-state index in [0.717, 1.165) is 48.6 Å². The van der Waals surface area contributed by atoms with Crippen LogP contribution in [-0.4, -0.2) is 33.1 Å². The lowest BCUT2D eigenvalue weighted by molar-refractivity contribution is 0.234. The number of rotatable bonds is 5. The highest BCUT2D eigenvalue weighted by molar-refractivity contribution is 9.10. The fourth-order valence-electron chi connectivity index (χ4n) is 3.97. The highest BCUT2D eigenvalue weighted by atomic mass is 79.9. The van der Waals surface area contributed by atoms with Gasteiger partial charge in [0.05, 0.1) is 12.8 Å². The van der Waals surface area contributed by atoms with Gasteiger partial charge in [0.2, 0.25) is 5.88 Å². The summed E-state index contributed by atoms with van der Waals surface area (Å²) in [5.74, 6) is 2.82. The third-order valence-electron chi connectivity index (χ3n) is 5.48. The van der Waals surface area contributed by atoms with Crippen LogP contribution in [0.2, 0.25) is 0 Å². The van der Waals surface area contributed by atoms with Crippen LogP contribution in [0, 0.1) is 5.92 Å². The van der Waals surface area contributed by atoms with E-state index in [1.54, 1.807) is 13.3 Å². The van der Waals surface area contributed by atoms with Crippen LogP contribution in [0.25, 0.3) is 0 Å². The van der Waals surface area contributed by atoms with E-state index in [9.17, 15) is 0 Å². The molecule has 5 nitrogen and oxygen atoms in total. The van der Waals surface area contributed by atoms with Crippen LogP contribution in [-0.2, 0) is 31.5 Å². The van der Waals surface area contributed by atoms with Gasteiger partial charge in [-0.3, -0.25) is 4.90 Å². The van der Waals surface area contributed by atoms with Crippen molar-refractivity contribution in [1.82, 2.24) is 19.4 Å². The normalized spacial score (nSPS) is 17.8. The number of imidazole rings is 1. The molecule has 2 aliphatic rings. The molecular weight excluding hydrogens is 404 g/mol. The van der Waals surface area contributed by atoms with Gasteiger partial charge < -0.3 is 9.30 Å². The molecule has 1 saturated carbocycles. The third kappa shape index (κ3) is 4.06. The summed E-state index contributed by atoms with van der Waals surface area (Å²) in [6.45, 7) is 10.8. The first-order chi connectivity index (χ1) is 12.8. The predicted octanol–water partition coefficient (Wildman–Crippen LogP) is 4.32. The van der Waals surface area contributed by atoms with Crippen LogP contribution < -0.4 is 4.74 Å². The average molecular weight is 433 g/mol. The van der Waals surface area contributed by atoms with E-state index < -0.39 is 0 Å². The minimum Gasteiger partial charge on any atom is -0.481 e. The van der Waals surface area contributed by atoms with Crippen LogP contribution in [0.5, 0.6) is 5.88 Å². The SMILES string of the molecule is COc1ncc(Br)cc1CN1CCc2c(nc(C(C)(C)C)n2CC2CC2)C1. The van der Waals surface area contributed by atoms with E-state index in [1.165, 1.54) is 30.1 Å². The molecule has 2 aromatic rings. The summed E-state index contributed by atoms with van der Waals surface area (Å²) < 4.78 is 8.98. The topological polar surface area (TPSA) is 43.2 Å². The number of ether oxygens (including phenoxy) is 1. The highest BCUT2D eigenvalue weighted by Gasteiger charge is 2.32. The summed E-state index contributed by atoms with van der Waals surface area (Å²) in [6, 6.07) is 2.10. The Hall–Kier alpha value is -1.40. The van der Waals surface area contributed by atoms with Crippen molar-refractivity contribution in [3.63, 3.8) is 0 Å². The first kappa shape index (κ1) is 18.9. The lowest BCUT2D eigenvalue weighted by atomic mass is 9.95. The van der Waals surface area contributed by atoms with Gasteiger partial charge in [0.15, 0.2) is 0 Å². The summed E-state index contributed by atoms with van der Waals surface area (Å²) >= 11 is 3.53. The fourth-order valence-corrected chi connectivity index (χ4v) is 4.35. The molecule has 0 amide bonds. The third-order valence-corrected chi connectivity index (χ3v) is 5.92. The van der Waals surface area contributed by atoms with Gasteiger partial charge >= 0.3 is 0 Å². The number of nitrogens with zero attached hydrogens (tertiary/aromatic N) is 4. The van der Waals surface area contributed by atoms with Gasteiger partial charge in [0.25, 0.3) is 0 Å². The summed E-state index contributed by atoms with van der Waals surface area (Å²) in [6.07, 6.45) is 5.59. The molecular formula is C21H29BrN4O. The van der Waals surface area contributed by atoms with E-state index in [1.807, 2.05) is 0 Å². The van der Waals surface area contributed by atoms with Crippen molar-refractivity contribution in [1.29, 1.82) is 0 Å². The number of fused-ring (bicyclic) bond motifs is 1. The largest absolute Gasteiger partial charge is 0.481 e. The zero-order chi connectivity index (χ0) is 19.2. The van der Waals surface area contributed by atoms with Gasteiger partial charge in [-0.15, -0.1) is 0 Å². The van der Waals surface area contributed by atoms with Crippen molar-refractivity contribution in [2.75, 3.05) is 13.7 Å². The molecule has 0 spiro atoms. The zero-order valence-electron chi connectivity index (χ0n) is 16.8. The second-order valence-corrected chi connectivity index (χ2v) is 9.83. The van der Waals surface area contributed by atoms with Crippen molar-refractivity contribution in [2.24, 2.45) is 5.92 Å². The molecule has 0 N–H and O–H groups in total. The predicted molar refractivity (Wildman–Crippen MR) is 110 cm³/mol. The Labute approximate surface area is 170 Å². The second-order valence-electron chi connectivity index (χ2n) is 8.92. The second kappa shape index (κ2) is 7.21. The van der Waals surface area contributed by atoms with E-state index >= 15 is 0 Å². The van der Waals surface area contributed by atoms with E-state index in [0.29, 0.717) is 5.88 Å². The summed E-state index contributed by atoms with van der Waals surface area (Å²) in [4.78, 5) is 12.0. The Bertz CT molecular complexity index is 835. The Morgan fingerprint density at radius 2 is 2.07 bits per heavy atom. The number of methoxy groups -OCH3 is 1. The summed E-state index contributed by atoms with van der Waals surface area (Å²) in [7, 11) is 1.68. The number of pyridine rings is 1. The first-order valence-electron chi connectivity index (χ1n) is 9.84. The van der Waals surface area contributed by atoms with E-state index in [4.69, 9.17) is 9.72 Å². The van der Waals surface area contributed by atoms with Crippen LogP contribution in [0.1, 0.15) is 56.4 Å². The molecule has 0 saturated heterocycles. The van der Waals surface area contributed by atoms with Gasteiger partial charge in [-0.2, -0.15) is 0 Å². The van der Waals surface area contributed by atoms with Crippen LogP contribution in [0.4, 0.5) is 0 Å². The molecule has 0 radical (unpaired) electrons. The minimum absolute atomic E-state index is 0.0779. The van der Waals surface area contributed by atoms with Gasteiger partial charge in [-0.1, -0.05) is 20.8 Å². The zero-order valence-corrected chi connectivity index (χ0v) is 18.3. The van der Waals surface area contributed by atoms with Crippen molar-refractivity contribution in [3.05, 3.63) is 39.5 Å². The maximum absolute atomic E-state index is 5.45. The van der Waals surface area contributed by atoms with Crippen molar-refractivity contribution in [2.45, 2.75) is 65.1 Å². The molecule has 1 fully saturated rings. The van der Waals surface area contributed by atoms with Crippen molar-refractivity contribution < 1.29 is 4.74 Å². The number of aromatic nitrogens is 3. The quantitative estimate of drug-likeness (QED) is 0.705. The molecule has 0 aromatic carbocycles.